The van der Waals surface area contributed by atoms with E-state index in [0.717, 1.165) is 60.6 Å². The number of carbonyl (C=O) groups excluding carboxylic acids is 1. The fourth-order valence-electron chi connectivity index (χ4n) is 5.82. The molecule has 5 rings (SSSR count). The van der Waals surface area contributed by atoms with E-state index in [1.807, 2.05) is 0 Å². The number of anilines is 4. The topological polar surface area (TPSA) is 116 Å². The van der Waals surface area contributed by atoms with Crippen molar-refractivity contribution < 1.29 is 31.1 Å². The maximum Gasteiger partial charge on any atom is 0.419 e. The van der Waals surface area contributed by atoms with Crippen molar-refractivity contribution in [2.24, 2.45) is 5.92 Å². The number of rotatable bonds is 12. The molecule has 1 saturated heterocycles. The zero-order chi connectivity index (χ0) is 34.8. The van der Waals surface area contributed by atoms with Crippen LogP contribution in [0.25, 0.3) is 0 Å². The minimum Gasteiger partial charge on any atom is -0.495 e. The number of alkyl halides is 3. The second-order valence-electron chi connectivity index (χ2n) is 12.8. The van der Waals surface area contributed by atoms with E-state index < -0.39 is 27.6 Å². The van der Waals surface area contributed by atoms with Crippen LogP contribution in [-0.4, -0.2) is 70.3 Å². The molecule has 260 valence electrons. The molecule has 0 bridgehead atoms. The molecule has 2 heterocycles. The molecule has 1 saturated carbocycles. The zero-order valence-electron chi connectivity index (χ0n) is 27.9. The molecule has 0 atom stereocenters. The molecule has 3 aromatic rings. The maximum atomic E-state index is 14.2. The number of hydrogen-bond donors (Lipinski definition) is 3. The average Bonchev–Trinajstić information content (AvgIpc) is 3.85. The Morgan fingerprint density at radius 2 is 1.75 bits per heavy atom. The number of hydrogen-bond acceptors (Lipinski definition) is 8. The van der Waals surface area contributed by atoms with Gasteiger partial charge in [0.1, 0.15) is 17.4 Å². The van der Waals surface area contributed by atoms with Gasteiger partial charge in [0.05, 0.1) is 30.3 Å². The first-order valence-corrected chi connectivity index (χ1v) is 17.8. The lowest BCUT2D eigenvalue weighted by atomic mass is 10.0. The van der Waals surface area contributed by atoms with E-state index in [0.29, 0.717) is 28.3 Å². The van der Waals surface area contributed by atoms with Crippen LogP contribution in [0.3, 0.4) is 0 Å². The Labute approximate surface area is 280 Å². The van der Waals surface area contributed by atoms with Gasteiger partial charge in [0.15, 0.2) is 0 Å². The van der Waals surface area contributed by atoms with E-state index in [2.05, 4.69) is 25.8 Å². The number of benzene rings is 2. The van der Waals surface area contributed by atoms with Crippen molar-refractivity contribution in [2.45, 2.75) is 58.3 Å². The first-order chi connectivity index (χ1) is 22.6. The number of aromatic nitrogens is 1. The number of carbonyl (C=O) groups is 1. The molecule has 1 aliphatic carbocycles. The molecule has 0 unspecified atom stereocenters. The predicted molar refractivity (Wildman–Crippen MR) is 182 cm³/mol. The second kappa shape index (κ2) is 14.2. The van der Waals surface area contributed by atoms with Crippen LogP contribution in [0.1, 0.15) is 58.3 Å². The highest BCUT2D eigenvalue weighted by molar-refractivity contribution is 7.92. The summed E-state index contributed by atoms with van der Waals surface area (Å²) in [5, 5.41) is 8.98. The number of pyridine rings is 1. The van der Waals surface area contributed by atoms with E-state index in [-0.39, 0.29) is 29.9 Å². The van der Waals surface area contributed by atoms with Gasteiger partial charge in [0.25, 0.3) is 5.91 Å². The fourth-order valence-corrected chi connectivity index (χ4v) is 6.35. The fraction of sp³-hybridized carbons (Fsp3) is 0.471. The summed E-state index contributed by atoms with van der Waals surface area (Å²) in [6.07, 6.45) is 0.767. The molecule has 14 heteroatoms. The lowest BCUT2D eigenvalue weighted by molar-refractivity contribution is -0.137. The predicted octanol–water partition coefficient (Wildman–Crippen LogP) is 6.08. The third kappa shape index (κ3) is 8.70. The van der Waals surface area contributed by atoms with Gasteiger partial charge in [-0.3, -0.25) is 9.10 Å². The van der Waals surface area contributed by atoms with Crippen LogP contribution in [0.4, 0.5) is 36.2 Å². The Morgan fingerprint density at radius 1 is 1.04 bits per heavy atom. The number of aryl methyl sites for hydroxylation is 2. The summed E-state index contributed by atoms with van der Waals surface area (Å²) in [5.74, 6) is 0.667. The van der Waals surface area contributed by atoms with Crippen LogP contribution in [0, 0.1) is 19.8 Å². The van der Waals surface area contributed by atoms with E-state index >= 15 is 0 Å². The van der Waals surface area contributed by atoms with Crippen LogP contribution in [0.5, 0.6) is 5.75 Å². The van der Waals surface area contributed by atoms with Crippen molar-refractivity contribution in [3.05, 3.63) is 70.3 Å². The minimum absolute atomic E-state index is 0.0874. The summed E-state index contributed by atoms with van der Waals surface area (Å²) in [6.45, 7) is 6.26. The lowest BCUT2D eigenvalue weighted by Gasteiger charge is -2.32. The first-order valence-electron chi connectivity index (χ1n) is 16.0. The molecular weight excluding hydrogens is 645 g/mol. The SMILES string of the molecule is COc1cc(C(=O)NC2CCN(CC3CC3)CC2)ccc1Nc1nc(NCc2ccc(C)cc2N(C)S(C)(=O)=O)c(C(F)(F)F)cc1C. The van der Waals surface area contributed by atoms with Crippen molar-refractivity contribution >= 4 is 38.9 Å². The van der Waals surface area contributed by atoms with Gasteiger partial charge in [-0.25, -0.2) is 13.4 Å². The molecular formula is C34H43F3N6O4S. The molecule has 48 heavy (non-hydrogen) atoms. The summed E-state index contributed by atoms with van der Waals surface area (Å²) in [7, 11) is -0.782. The van der Waals surface area contributed by atoms with Crippen molar-refractivity contribution in [3.8, 4) is 5.75 Å². The van der Waals surface area contributed by atoms with Crippen molar-refractivity contribution in [1.29, 1.82) is 0 Å². The molecule has 2 fully saturated rings. The number of piperidine rings is 1. The van der Waals surface area contributed by atoms with Gasteiger partial charge >= 0.3 is 6.18 Å². The highest BCUT2D eigenvalue weighted by Gasteiger charge is 2.35. The molecule has 0 radical (unpaired) electrons. The number of halogens is 3. The van der Waals surface area contributed by atoms with Gasteiger partial charge in [-0.1, -0.05) is 12.1 Å². The molecule has 1 amide bonds. The van der Waals surface area contributed by atoms with Crippen molar-refractivity contribution in [3.63, 3.8) is 0 Å². The zero-order valence-corrected chi connectivity index (χ0v) is 28.7. The average molecular weight is 689 g/mol. The molecule has 3 N–H and O–H groups in total. The highest BCUT2D eigenvalue weighted by atomic mass is 32.2. The third-order valence-corrected chi connectivity index (χ3v) is 10.1. The molecule has 1 aromatic heterocycles. The maximum absolute atomic E-state index is 14.2. The van der Waals surface area contributed by atoms with Gasteiger partial charge < -0.3 is 25.6 Å². The Hall–Kier alpha value is -4.04. The molecule has 0 spiro atoms. The summed E-state index contributed by atoms with van der Waals surface area (Å²) in [5.41, 5.74) is 1.70. The Morgan fingerprint density at radius 3 is 2.38 bits per heavy atom. The van der Waals surface area contributed by atoms with Gasteiger partial charge in [-0.15, -0.1) is 0 Å². The monoisotopic (exact) mass is 688 g/mol. The van der Waals surface area contributed by atoms with Gasteiger partial charge in [-0.2, -0.15) is 13.2 Å². The number of nitrogens with one attached hydrogen (secondary N) is 3. The van der Waals surface area contributed by atoms with Gasteiger partial charge in [0.2, 0.25) is 10.0 Å². The normalized spacial score (nSPS) is 16.0. The standard InChI is InChI=1S/C34H43F3N6O4S/c1-21-6-9-25(29(16-21)42(3)48(5,45)46)19-38-32-27(34(35,36)37)17-22(2)31(41-32)40-28-11-10-24(18-30(28)47-4)33(44)39-26-12-14-43(15-13-26)20-23-7-8-23/h6,9-11,16-18,23,26H,7-8,12-15,19-20H2,1-5H3,(H,39,44)(H2,38,40,41). The number of methoxy groups -OCH3 is 1. The largest absolute Gasteiger partial charge is 0.495 e. The summed E-state index contributed by atoms with van der Waals surface area (Å²) in [6, 6.07) is 11.0. The van der Waals surface area contributed by atoms with E-state index in [9.17, 15) is 26.4 Å². The summed E-state index contributed by atoms with van der Waals surface area (Å²) >= 11 is 0. The van der Waals surface area contributed by atoms with Crippen LogP contribution in [0.2, 0.25) is 0 Å². The number of sulfonamides is 1. The summed E-state index contributed by atoms with van der Waals surface area (Å²) in [4.78, 5) is 19.9. The van der Waals surface area contributed by atoms with Crippen LogP contribution in [-0.2, 0) is 22.7 Å². The quantitative estimate of drug-likeness (QED) is 0.210. The Balaban J connectivity index is 1.33. The van der Waals surface area contributed by atoms with E-state index in [4.69, 9.17) is 4.74 Å². The molecule has 1 aliphatic heterocycles. The van der Waals surface area contributed by atoms with Gasteiger partial charge in [-0.05, 0) is 92.5 Å². The second-order valence-corrected chi connectivity index (χ2v) is 14.8. The van der Waals surface area contributed by atoms with Crippen molar-refractivity contribution in [1.82, 2.24) is 15.2 Å². The van der Waals surface area contributed by atoms with Crippen molar-refractivity contribution in [2.75, 3.05) is 55.0 Å². The van der Waals surface area contributed by atoms with Crippen LogP contribution < -0.4 is 25.0 Å². The lowest BCUT2D eigenvalue weighted by Crippen LogP contribution is -2.45. The Kier molecular flexibility index (Phi) is 10.4. The molecule has 2 aliphatic rings. The van der Waals surface area contributed by atoms with E-state index in [1.54, 1.807) is 43.3 Å². The Bertz CT molecular complexity index is 1760. The van der Waals surface area contributed by atoms with E-state index in [1.165, 1.54) is 33.9 Å². The highest BCUT2D eigenvalue weighted by Crippen LogP contribution is 2.38. The number of amides is 1. The van der Waals surface area contributed by atoms with Crippen LogP contribution >= 0.6 is 0 Å². The van der Waals surface area contributed by atoms with Gasteiger partial charge in [0, 0.05) is 44.8 Å². The number of ether oxygens (including phenoxy) is 1. The molecule has 2 aromatic carbocycles. The molecule has 10 nitrogen and oxygen atoms in total. The minimum atomic E-state index is -4.71. The summed E-state index contributed by atoms with van der Waals surface area (Å²) < 4.78 is 73.6. The number of likely N-dealkylation sites (tertiary alicyclic amines) is 1. The first kappa shape index (κ1) is 35.3. The number of nitrogens with zero attached hydrogens (tertiary/aromatic N) is 3. The smallest absolute Gasteiger partial charge is 0.419 e. The van der Waals surface area contributed by atoms with Crippen LogP contribution in [0.15, 0.2) is 42.5 Å². The third-order valence-electron chi connectivity index (χ3n) is 8.90.